The third-order valence-electron chi connectivity index (χ3n) is 1.19. The molecule has 0 aliphatic carbocycles. The Morgan fingerprint density at radius 2 is 2.38 bits per heavy atom. The van der Waals surface area contributed by atoms with E-state index in [-0.39, 0.29) is 10.7 Å². The minimum absolute atomic E-state index is 0.0949. The van der Waals surface area contributed by atoms with Gasteiger partial charge in [0.25, 0.3) is 0 Å². The van der Waals surface area contributed by atoms with Crippen molar-refractivity contribution in [2.24, 2.45) is 0 Å². The number of carbonyl (C=O) groups is 1. The van der Waals surface area contributed by atoms with E-state index >= 15 is 0 Å². The van der Waals surface area contributed by atoms with Crippen LogP contribution >= 0.6 is 11.8 Å². The zero-order valence-electron chi connectivity index (χ0n) is 4.93. The van der Waals surface area contributed by atoms with E-state index in [0.29, 0.717) is 0 Å². The van der Waals surface area contributed by atoms with Crippen molar-refractivity contribution in [2.45, 2.75) is 11.7 Å². The summed E-state index contributed by atoms with van der Waals surface area (Å²) in [5.74, 6) is 0.821. The zero-order valence-corrected chi connectivity index (χ0v) is 5.75. The van der Waals surface area contributed by atoms with Crippen LogP contribution in [0.5, 0.6) is 0 Å². The number of carbonyl (C=O) groups excluding carboxylic acids is 1. The van der Waals surface area contributed by atoms with Crippen molar-refractivity contribution in [1.82, 2.24) is 0 Å². The summed E-state index contributed by atoms with van der Waals surface area (Å²) in [6, 6.07) is 0. The molecule has 1 rings (SSSR count). The highest BCUT2D eigenvalue weighted by molar-refractivity contribution is 8.08. The normalized spacial score (nSPS) is 34.2. The predicted octanol–water partition coefficient (Wildman–Crippen LogP) is 0.665. The van der Waals surface area contributed by atoms with Crippen LogP contribution in [-0.2, 0) is 9.53 Å². The number of esters is 1. The van der Waals surface area contributed by atoms with Crippen LogP contribution in [0.1, 0.15) is 6.92 Å². The van der Waals surface area contributed by atoms with E-state index in [1.165, 1.54) is 7.11 Å². The maximum atomic E-state index is 10.7. The highest BCUT2D eigenvalue weighted by atomic mass is 32.2. The molecule has 1 fully saturated rings. The van der Waals surface area contributed by atoms with Gasteiger partial charge in [-0.15, -0.1) is 11.8 Å². The van der Waals surface area contributed by atoms with Crippen molar-refractivity contribution >= 4 is 17.7 Å². The van der Waals surface area contributed by atoms with E-state index in [4.69, 9.17) is 0 Å². The van der Waals surface area contributed by atoms with Gasteiger partial charge in [-0.2, -0.15) is 0 Å². The highest BCUT2D eigenvalue weighted by Crippen LogP contribution is 2.44. The lowest BCUT2D eigenvalue weighted by Crippen LogP contribution is -2.19. The van der Waals surface area contributed by atoms with Gasteiger partial charge in [0.15, 0.2) is 0 Å². The average Bonchev–Trinajstić information content (AvgIpc) is 2.47. The van der Waals surface area contributed by atoms with Crippen molar-refractivity contribution < 1.29 is 9.53 Å². The molecule has 0 aromatic rings. The van der Waals surface area contributed by atoms with Crippen LogP contribution in [-0.4, -0.2) is 23.6 Å². The Hall–Kier alpha value is -0.180. The molecule has 2 nitrogen and oxygen atoms in total. The predicted molar refractivity (Wildman–Crippen MR) is 32.9 cm³/mol. The second-order valence-corrected chi connectivity index (χ2v) is 3.49. The van der Waals surface area contributed by atoms with Crippen LogP contribution in [0.4, 0.5) is 0 Å². The first-order valence-corrected chi connectivity index (χ1v) is 3.40. The summed E-state index contributed by atoms with van der Waals surface area (Å²) >= 11 is 1.63. The molecule has 0 radical (unpaired) electrons. The Morgan fingerprint density at radius 1 is 1.88 bits per heavy atom. The molecule has 0 aromatic heterocycles. The van der Waals surface area contributed by atoms with Crippen molar-refractivity contribution in [1.29, 1.82) is 0 Å². The maximum Gasteiger partial charge on any atom is 0.322 e. The number of hydrogen-bond donors (Lipinski definition) is 0. The van der Waals surface area contributed by atoms with E-state index in [9.17, 15) is 4.79 Å². The van der Waals surface area contributed by atoms with Gasteiger partial charge in [0.2, 0.25) is 0 Å². The molecule has 3 heteroatoms. The van der Waals surface area contributed by atoms with E-state index < -0.39 is 0 Å². The van der Waals surface area contributed by atoms with Gasteiger partial charge in [-0.1, -0.05) is 0 Å². The maximum absolute atomic E-state index is 10.7. The molecule has 1 saturated heterocycles. The molecule has 1 unspecified atom stereocenters. The second kappa shape index (κ2) is 1.65. The summed E-state index contributed by atoms with van der Waals surface area (Å²) in [6.07, 6.45) is 0. The quantitative estimate of drug-likeness (QED) is 0.387. The number of thioether (sulfide) groups is 1. The molecule has 0 amide bonds. The van der Waals surface area contributed by atoms with Gasteiger partial charge in [-0.3, -0.25) is 4.79 Å². The molecule has 0 spiro atoms. The van der Waals surface area contributed by atoms with Crippen LogP contribution in [0, 0.1) is 0 Å². The molecule has 1 aliphatic heterocycles. The topological polar surface area (TPSA) is 26.3 Å². The van der Waals surface area contributed by atoms with E-state index in [1.807, 2.05) is 6.92 Å². The largest absolute Gasteiger partial charge is 0.468 e. The standard InChI is InChI=1S/C5H8O2S/c1-5(3-8-5)4(6)7-2/h3H2,1-2H3. The van der Waals surface area contributed by atoms with Crippen LogP contribution in [0.15, 0.2) is 0 Å². The molecule has 1 atom stereocenters. The molecule has 1 aliphatic rings. The third kappa shape index (κ3) is 0.823. The van der Waals surface area contributed by atoms with Gasteiger partial charge in [0.05, 0.1) is 7.11 Å². The molecule has 8 heavy (non-hydrogen) atoms. The lowest BCUT2D eigenvalue weighted by molar-refractivity contribution is -0.141. The van der Waals surface area contributed by atoms with E-state index in [2.05, 4.69) is 4.74 Å². The van der Waals surface area contributed by atoms with Gasteiger partial charge < -0.3 is 4.74 Å². The van der Waals surface area contributed by atoms with Crippen molar-refractivity contribution in [3.8, 4) is 0 Å². The summed E-state index contributed by atoms with van der Waals surface area (Å²) in [4.78, 5) is 10.7. The molecule has 0 N–H and O–H groups in total. The van der Waals surface area contributed by atoms with E-state index in [0.717, 1.165) is 5.75 Å². The summed E-state index contributed by atoms with van der Waals surface area (Å²) < 4.78 is 4.33. The monoisotopic (exact) mass is 132 g/mol. The first kappa shape index (κ1) is 5.95. The Morgan fingerprint density at radius 3 is 2.50 bits per heavy atom. The summed E-state index contributed by atoms with van der Waals surface area (Å²) in [5.41, 5.74) is 0. The molecule has 1 heterocycles. The summed E-state index contributed by atoms with van der Waals surface area (Å²) in [5, 5.41) is 0. The summed E-state index contributed by atoms with van der Waals surface area (Å²) in [6.45, 7) is 1.89. The second-order valence-electron chi connectivity index (χ2n) is 2.01. The van der Waals surface area contributed by atoms with Gasteiger partial charge in [-0.25, -0.2) is 0 Å². The fraction of sp³-hybridized carbons (Fsp3) is 0.800. The van der Waals surface area contributed by atoms with E-state index in [1.54, 1.807) is 11.8 Å². The zero-order chi connectivity index (χ0) is 6.20. The Bertz CT molecular complexity index is 118. The fourth-order valence-electron chi connectivity index (χ4n) is 0.442. The van der Waals surface area contributed by atoms with Crippen LogP contribution < -0.4 is 0 Å². The van der Waals surface area contributed by atoms with Crippen LogP contribution in [0.2, 0.25) is 0 Å². The Kier molecular flexibility index (Phi) is 1.23. The number of ether oxygens (including phenoxy) is 1. The first-order chi connectivity index (χ1) is 3.69. The third-order valence-corrected chi connectivity index (χ3v) is 2.52. The molecule has 46 valence electrons. The molecule has 0 saturated carbocycles. The van der Waals surface area contributed by atoms with Gasteiger partial charge in [-0.05, 0) is 6.92 Å². The smallest absolute Gasteiger partial charge is 0.322 e. The average molecular weight is 132 g/mol. The molecule has 0 aromatic carbocycles. The van der Waals surface area contributed by atoms with Crippen molar-refractivity contribution in [3.05, 3.63) is 0 Å². The lowest BCUT2D eigenvalue weighted by Gasteiger charge is -2.00. The van der Waals surface area contributed by atoms with Gasteiger partial charge in [0, 0.05) is 5.75 Å². The minimum Gasteiger partial charge on any atom is -0.468 e. The number of hydrogen-bond acceptors (Lipinski definition) is 3. The first-order valence-electron chi connectivity index (χ1n) is 2.41. The van der Waals surface area contributed by atoms with Crippen LogP contribution in [0.25, 0.3) is 0 Å². The molecule has 0 bridgehead atoms. The molecular formula is C5H8O2S. The fourth-order valence-corrected chi connectivity index (χ4v) is 0.978. The lowest BCUT2D eigenvalue weighted by atomic mass is 10.2. The Labute approximate surface area is 52.6 Å². The van der Waals surface area contributed by atoms with Crippen LogP contribution in [0.3, 0.4) is 0 Å². The Balaban J connectivity index is 2.46. The van der Waals surface area contributed by atoms with Gasteiger partial charge >= 0.3 is 5.97 Å². The van der Waals surface area contributed by atoms with Crippen molar-refractivity contribution in [3.63, 3.8) is 0 Å². The minimum atomic E-state index is -0.186. The van der Waals surface area contributed by atoms with Crippen molar-refractivity contribution in [2.75, 3.05) is 12.9 Å². The SMILES string of the molecule is COC(=O)C1(C)CS1. The van der Waals surface area contributed by atoms with Gasteiger partial charge in [0.1, 0.15) is 4.75 Å². The summed E-state index contributed by atoms with van der Waals surface area (Å²) in [7, 11) is 1.42. The highest BCUT2D eigenvalue weighted by Gasteiger charge is 2.47. The molecular weight excluding hydrogens is 124 g/mol. The number of methoxy groups -OCH3 is 1. The number of rotatable bonds is 1.